The Bertz CT molecular complexity index is 1530. The van der Waals surface area contributed by atoms with E-state index >= 15 is 0 Å². The van der Waals surface area contributed by atoms with E-state index in [0.29, 0.717) is 18.5 Å². The fourth-order valence-electron chi connectivity index (χ4n) is 4.95. The standard InChI is InChI=1S/C31H31ClN6O2/c1-20-10-13-26-22(17-20)12-11-21-7-3-4-9-25(21)28(26)35-31(40)37-36-29-27(32)18-23(19-34-29)30(39)38(2)16-14-24-8-5-6-15-33-24/h3-10,13,15,17-19,28H,11-12,14,16H2,1-2H3,(H,34,36)(H2,35,37,40). The molecular weight excluding hydrogens is 524 g/mol. The molecule has 204 valence electrons. The number of amides is 3. The smallest absolute Gasteiger partial charge is 0.334 e. The van der Waals surface area contributed by atoms with Crippen LogP contribution in [0.5, 0.6) is 0 Å². The van der Waals surface area contributed by atoms with E-state index in [2.05, 4.69) is 63.4 Å². The molecule has 3 amide bonds. The van der Waals surface area contributed by atoms with Gasteiger partial charge >= 0.3 is 6.03 Å². The van der Waals surface area contributed by atoms with Crippen LogP contribution in [0.1, 0.15) is 49.9 Å². The predicted octanol–water partition coefficient (Wildman–Crippen LogP) is 5.27. The lowest BCUT2D eigenvalue weighted by atomic mass is 9.94. The second-order valence-electron chi connectivity index (χ2n) is 9.91. The maximum Gasteiger partial charge on any atom is 0.334 e. The quantitative estimate of drug-likeness (QED) is 0.270. The minimum atomic E-state index is -0.430. The molecule has 8 nitrogen and oxygen atoms in total. The van der Waals surface area contributed by atoms with Gasteiger partial charge < -0.3 is 10.2 Å². The highest BCUT2D eigenvalue weighted by Crippen LogP contribution is 2.33. The molecule has 9 heteroatoms. The molecule has 1 unspecified atom stereocenters. The van der Waals surface area contributed by atoms with Crippen molar-refractivity contribution in [3.63, 3.8) is 0 Å². The minimum Gasteiger partial charge on any atom is -0.341 e. The molecule has 1 aliphatic carbocycles. The summed E-state index contributed by atoms with van der Waals surface area (Å²) in [5, 5.41) is 3.32. The maximum atomic E-state index is 13.0. The Balaban J connectivity index is 1.23. The van der Waals surface area contributed by atoms with Gasteiger partial charge in [0, 0.05) is 38.1 Å². The number of rotatable bonds is 7. The van der Waals surface area contributed by atoms with Gasteiger partial charge in [0.15, 0.2) is 5.82 Å². The van der Waals surface area contributed by atoms with Crippen molar-refractivity contribution in [1.29, 1.82) is 0 Å². The van der Waals surface area contributed by atoms with E-state index in [4.69, 9.17) is 11.6 Å². The van der Waals surface area contributed by atoms with E-state index in [1.54, 1.807) is 18.1 Å². The van der Waals surface area contributed by atoms with E-state index in [0.717, 1.165) is 29.7 Å². The number of nitrogens with one attached hydrogen (secondary N) is 3. The number of aryl methyl sites for hydroxylation is 3. The fourth-order valence-corrected chi connectivity index (χ4v) is 5.16. The Hall–Kier alpha value is -4.43. The number of hydrazine groups is 1. The molecule has 2 aromatic heterocycles. The van der Waals surface area contributed by atoms with Crippen LogP contribution in [0.2, 0.25) is 5.02 Å². The summed E-state index contributed by atoms with van der Waals surface area (Å²) in [4.78, 5) is 36.1. The summed E-state index contributed by atoms with van der Waals surface area (Å²) in [6.45, 7) is 2.58. The molecule has 0 radical (unpaired) electrons. The molecular formula is C31H31ClN6O2. The van der Waals surface area contributed by atoms with Gasteiger partial charge in [-0.15, -0.1) is 0 Å². The van der Waals surface area contributed by atoms with Crippen molar-refractivity contribution in [2.45, 2.75) is 32.2 Å². The molecule has 1 atom stereocenters. The highest BCUT2D eigenvalue weighted by molar-refractivity contribution is 6.33. The topological polar surface area (TPSA) is 99.2 Å². The summed E-state index contributed by atoms with van der Waals surface area (Å²) >= 11 is 6.42. The van der Waals surface area contributed by atoms with Gasteiger partial charge in [0.2, 0.25) is 0 Å². The molecule has 0 fully saturated rings. The Labute approximate surface area is 238 Å². The highest BCUT2D eigenvalue weighted by Gasteiger charge is 2.25. The lowest BCUT2D eigenvalue weighted by molar-refractivity contribution is 0.0796. The van der Waals surface area contributed by atoms with E-state index in [-0.39, 0.29) is 22.8 Å². The van der Waals surface area contributed by atoms with Crippen molar-refractivity contribution in [3.05, 3.63) is 123 Å². The first kappa shape index (κ1) is 27.1. The predicted molar refractivity (Wildman–Crippen MR) is 156 cm³/mol. The first-order chi connectivity index (χ1) is 19.4. The second-order valence-corrected chi connectivity index (χ2v) is 10.3. The third kappa shape index (κ3) is 6.24. The summed E-state index contributed by atoms with van der Waals surface area (Å²) in [5.74, 6) is 0.0327. The molecule has 0 saturated heterocycles. The van der Waals surface area contributed by atoms with E-state index in [1.165, 1.54) is 29.0 Å². The number of hydrogen-bond donors (Lipinski definition) is 3. The molecule has 2 aromatic carbocycles. The summed E-state index contributed by atoms with van der Waals surface area (Å²) < 4.78 is 0. The van der Waals surface area contributed by atoms with Gasteiger partial charge in [0.05, 0.1) is 16.6 Å². The monoisotopic (exact) mass is 554 g/mol. The number of nitrogens with zero attached hydrogens (tertiary/aromatic N) is 3. The largest absolute Gasteiger partial charge is 0.341 e. The summed E-state index contributed by atoms with van der Waals surface area (Å²) in [6, 6.07) is 21.0. The SMILES string of the molecule is Cc1ccc2c(c1)CCc1ccccc1C2NC(=O)NNc1ncc(C(=O)N(C)CCc2ccccn2)cc1Cl. The number of urea groups is 1. The van der Waals surface area contributed by atoms with E-state index in [1.807, 2.05) is 30.3 Å². The molecule has 0 spiro atoms. The molecule has 40 heavy (non-hydrogen) atoms. The summed E-state index contributed by atoms with van der Waals surface area (Å²) in [5.41, 5.74) is 12.5. The zero-order chi connectivity index (χ0) is 28.1. The number of fused-ring (bicyclic) bond motifs is 2. The molecule has 1 aliphatic rings. The zero-order valence-electron chi connectivity index (χ0n) is 22.4. The van der Waals surface area contributed by atoms with Gasteiger partial charge in [-0.1, -0.05) is 65.7 Å². The van der Waals surface area contributed by atoms with Crippen LogP contribution in [0, 0.1) is 6.92 Å². The Morgan fingerprint density at radius 2 is 1.75 bits per heavy atom. The van der Waals surface area contributed by atoms with Gasteiger partial charge in [-0.3, -0.25) is 20.6 Å². The van der Waals surface area contributed by atoms with Gasteiger partial charge in [0.1, 0.15) is 0 Å². The minimum absolute atomic E-state index is 0.205. The van der Waals surface area contributed by atoms with Crippen molar-refractivity contribution >= 4 is 29.4 Å². The first-order valence-electron chi connectivity index (χ1n) is 13.2. The number of anilines is 1. The number of aromatic nitrogens is 2. The Kier molecular flexibility index (Phi) is 8.26. The van der Waals surface area contributed by atoms with Crippen LogP contribution in [-0.4, -0.2) is 40.4 Å². The molecule has 0 bridgehead atoms. The van der Waals surface area contributed by atoms with Crippen molar-refractivity contribution in [2.75, 3.05) is 19.0 Å². The van der Waals surface area contributed by atoms with E-state index in [9.17, 15) is 9.59 Å². The third-order valence-electron chi connectivity index (χ3n) is 7.07. The number of carbonyl (C=O) groups excluding carboxylic acids is 2. The van der Waals surface area contributed by atoms with Crippen LogP contribution in [0.25, 0.3) is 0 Å². The van der Waals surface area contributed by atoms with Crippen LogP contribution < -0.4 is 16.2 Å². The summed E-state index contributed by atoms with van der Waals surface area (Å²) in [7, 11) is 1.72. The van der Waals surface area contributed by atoms with Crippen LogP contribution in [0.4, 0.5) is 10.6 Å². The Morgan fingerprint density at radius 1 is 0.975 bits per heavy atom. The van der Waals surface area contributed by atoms with Gasteiger partial charge in [-0.05, 0) is 60.2 Å². The third-order valence-corrected chi connectivity index (χ3v) is 7.36. The van der Waals surface area contributed by atoms with Crippen LogP contribution in [0.3, 0.4) is 0 Å². The lowest BCUT2D eigenvalue weighted by Crippen LogP contribution is -2.41. The number of halogens is 1. The fraction of sp³-hybridized carbons (Fsp3) is 0.226. The first-order valence-corrected chi connectivity index (χ1v) is 13.6. The molecule has 4 aromatic rings. The summed E-state index contributed by atoms with van der Waals surface area (Å²) in [6.07, 6.45) is 5.63. The van der Waals surface area contributed by atoms with Crippen molar-refractivity contribution in [1.82, 2.24) is 25.6 Å². The molecule has 2 heterocycles. The van der Waals surface area contributed by atoms with Crippen molar-refractivity contribution in [2.24, 2.45) is 0 Å². The average Bonchev–Trinajstić information content (AvgIpc) is 3.12. The normalized spacial score (nSPS) is 13.8. The Morgan fingerprint density at radius 3 is 2.55 bits per heavy atom. The van der Waals surface area contributed by atoms with Crippen LogP contribution >= 0.6 is 11.6 Å². The zero-order valence-corrected chi connectivity index (χ0v) is 23.2. The van der Waals surface area contributed by atoms with Crippen LogP contribution in [0.15, 0.2) is 79.1 Å². The number of hydrogen-bond acceptors (Lipinski definition) is 5. The lowest BCUT2D eigenvalue weighted by Gasteiger charge is -2.22. The van der Waals surface area contributed by atoms with Gasteiger partial charge in [-0.25, -0.2) is 9.78 Å². The molecule has 3 N–H and O–H groups in total. The van der Waals surface area contributed by atoms with Crippen LogP contribution in [-0.2, 0) is 19.3 Å². The second kappa shape index (κ2) is 12.2. The van der Waals surface area contributed by atoms with Crippen molar-refractivity contribution < 1.29 is 9.59 Å². The molecule has 5 rings (SSSR count). The van der Waals surface area contributed by atoms with Gasteiger partial charge in [0.25, 0.3) is 5.91 Å². The molecule has 0 aliphatic heterocycles. The highest BCUT2D eigenvalue weighted by atomic mass is 35.5. The maximum absolute atomic E-state index is 13.0. The number of pyridine rings is 2. The number of benzene rings is 2. The van der Waals surface area contributed by atoms with Gasteiger partial charge in [-0.2, -0.15) is 0 Å². The average molecular weight is 555 g/mol. The number of likely N-dealkylation sites (N-methyl/N-ethyl adjacent to an activating group) is 1. The van der Waals surface area contributed by atoms with E-state index < -0.39 is 6.03 Å². The number of carbonyl (C=O) groups is 2. The molecule has 0 saturated carbocycles. The van der Waals surface area contributed by atoms with Crippen molar-refractivity contribution in [3.8, 4) is 0 Å².